The molecule has 0 radical (unpaired) electrons. The van der Waals surface area contributed by atoms with E-state index in [9.17, 15) is 4.79 Å². The lowest BCUT2D eigenvalue weighted by molar-refractivity contribution is -0.124. The van der Waals surface area contributed by atoms with Gasteiger partial charge in [-0.25, -0.2) is 0 Å². The lowest BCUT2D eigenvalue weighted by Gasteiger charge is -2.31. The Labute approximate surface area is 165 Å². The summed E-state index contributed by atoms with van der Waals surface area (Å²) in [5, 5.41) is 3.79. The van der Waals surface area contributed by atoms with E-state index < -0.39 is 0 Å². The summed E-state index contributed by atoms with van der Waals surface area (Å²) >= 11 is 6.02. The van der Waals surface area contributed by atoms with Crippen molar-refractivity contribution >= 4 is 17.5 Å². The zero-order valence-corrected chi connectivity index (χ0v) is 16.2. The number of morpholine rings is 1. The number of nitrogens with one attached hydrogen (secondary N) is 1. The summed E-state index contributed by atoms with van der Waals surface area (Å²) in [7, 11) is 0. The molecule has 1 N–H and O–H groups in total. The fraction of sp³-hybridized carbons (Fsp3) is 0.381. The Balaban J connectivity index is 1.60. The monoisotopic (exact) mass is 388 g/mol. The molecule has 144 valence electrons. The molecule has 5 nitrogen and oxygen atoms in total. The first-order valence-corrected chi connectivity index (χ1v) is 9.53. The summed E-state index contributed by atoms with van der Waals surface area (Å²) in [5.41, 5.74) is 2.00. The number of carbonyl (C=O) groups is 1. The number of rotatable bonds is 7. The minimum Gasteiger partial charge on any atom is -0.484 e. The molecular weight excluding hydrogens is 364 g/mol. The highest BCUT2D eigenvalue weighted by Crippen LogP contribution is 2.21. The molecule has 0 spiro atoms. The average molecular weight is 389 g/mol. The van der Waals surface area contributed by atoms with Crippen molar-refractivity contribution in [2.24, 2.45) is 0 Å². The van der Waals surface area contributed by atoms with Crippen molar-refractivity contribution in [3.8, 4) is 5.75 Å². The second-order valence-corrected chi connectivity index (χ2v) is 7.05. The molecule has 6 heteroatoms. The van der Waals surface area contributed by atoms with E-state index in [0.717, 1.165) is 44.0 Å². The number of carbonyl (C=O) groups excluding carboxylic acids is 1. The summed E-state index contributed by atoms with van der Waals surface area (Å²) in [6.45, 7) is 5.83. The van der Waals surface area contributed by atoms with Crippen LogP contribution in [0.3, 0.4) is 0 Å². The summed E-state index contributed by atoms with van der Waals surface area (Å²) < 4.78 is 11.0. The van der Waals surface area contributed by atoms with E-state index in [0.29, 0.717) is 10.8 Å². The molecule has 27 heavy (non-hydrogen) atoms. The third kappa shape index (κ3) is 5.96. The molecule has 1 aliphatic heterocycles. The molecule has 3 rings (SSSR count). The van der Waals surface area contributed by atoms with Gasteiger partial charge in [0.15, 0.2) is 6.61 Å². The van der Waals surface area contributed by atoms with Gasteiger partial charge in [-0.3, -0.25) is 9.69 Å². The van der Waals surface area contributed by atoms with Crippen molar-refractivity contribution in [1.82, 2.24) is 10.2 Å². The van der Waals surface area contributed by atoms with Crippen LogP contribution in [-0.2, 0) is 9.53 Å². The number of hydrogen-bond acceptors (Lipinski definition) is 4. The first kappa shape index (κ1) is 19.7. The second-order valence-electron chi connectivity index (χ2n) is 6.64. The van der Waals surface area contributed by atoms with Crippen LogP contribution >= 0.6 is 11.6 Å². The van der Waals surface area contributed by atoms with Crippen LogP contribution in [0.1, 0.15) is 17.2 Å². The normalized spacial score (nSPS) is 15.9. The summed E-state index contributed by atoms with van der Waals surface area (Å²) in [6, 6.07) is 15.3. The summed E-state index contributed by atoms with van der Waals surface area (Å²) in [4.78, 5) is 14.8. The largest absolute Gasteiger partial charge is 0.484 e. The van der Waals surface area contributed by atoms with Crippen LogP contribution in [-0.4, -0.2) is 50.3 Å². The smallest absolute Gasteiger partial charge is 0.258 e. The van der Waals surface area contributed by atoms with Gasteiger partial charge in [-0.1, -0.05) is 41.9 Å². The van der Waals surface area contributed by atoms with Crippen LogP contribution in [0.25, 0.3) is 0 Å². The van der Waals surface area contributed by atoms with Gasteiger partial charge in [0.05, 0.1) is 19.3 Å². The Hall–Kier alpha value is -2.08. The fourth-order valence-electron chi connectivity index (χ4n) is 3.05. The van der Waals surface area contributed by atoms with E-state index in [1.165, 1.54) is 0 Å². The van der Waals surface area contributed by atoms with Crippen LogP contribution in [0.15, 0.2) is 48.5 Å². The zero-order valence-electron chi connectivity index (χ0n) is 15.5. The van der Waals surface area contributed by atoms with Crippen molar-refractivity contribution in [2.75, 3.05) is 39.5 Å². The maximum absolute atomic E-state index is 12.5. The molecule has 1 fully saturated rings. The van der Waals surface area contributed by atoms with Gasteiger partial charge in [0.25, 0.3) is 5.91 Å². The highest BCUT2D eigenvalue weighted by atomic mass is 35.5. The molecule has 1 amide bonds. The Morgan fingerprint density at radius 1 is 1.22 bits per heavy atom. The van der Waals surface area contributed by atoms with Gasteiger partial charge in [0.2, 0.25) is 0 Å². The Morgan fingerprint density at radius 2 is 1.96 bits per heavy atom. The predicted octanol–water partition coefficient (Wildman–Crippen LogP) is 3.22. The van der Waals surface area contributed by atoms with Crippen LogP contribution in [0.4, 0.5) is 0 Å². The topological polar surface area (TPSA) is 50.8 Å². The van der Waals surface area contributed by atoms with Crippen molar-refractivity contribution in [3.05, 3.63) is 64.7 Å². The third-order valence-corrected chi connectivity index (χ3v) is 5.01. The average Bonchev–Trinajstić information content (AvgIpc) is 2.70. The lowest BCUT2D eigenvalue weighted by atomic mass is 10.1. The maximum Gasteiger partial charge on any atom is 0.258 e. The van der Waals surface area contributed by atoms with Gasteiger partial charge < -0.3 is 14.8 Å². The van der Waals surface area contributed by atoms with Gasteiger partial charge in [0.1, 0.15) is 5.75 Å². The lowest BCUT2D eigenvalue weighted by Crippen LogP contribution is -2.44. The third-order valence-electron chi connectivity index (χ3n) is 4.58. The summed E-state index contributed by atoms with van der Waals surface area (Å²) in [5.74, 6) is 0.487. The van der Waals surface area contributed by atoms with Crippen molar-refractivity contribution in [1.29, 1.82) is 0 Å². The predicted molar refractivity (Wildman–Crippen MR) is 106 cm³/mol. The quantitative estimate of drug-likeness (QED) is 0.791. The highest BCUT2D eigenvalue weighted by molar-refractivity contribution is 6.31. The molecule has 2 aromatic carbocycles. The van der Waals surface area contributed by atoms with Crippen LogP contribution in [0.2, 0.25) is 5.02 Å². The maximum atomic E-state index is 12.5. The Morgan fingerprint density at radius 3 is 2.67 bits per heavy atom. The minimum atomic E-state index is -0.148. The van der Waals surface area contributed by atoms with E-state index in [2.05, 4.69) is 10.2 Å². The van der Waals surface area contributed by atoms with E-state index in [4.69, 9.17) is 21.1 Å². The molecule has 0 bridgehead atoms. The first-order chi connectivity index (χ1) is 13.1. The molecule has 0 aliphatic carbocycles. The first-order valence-electron chi connectivity index (χ1n) is 9.15. The molecule has 0 unspecified atom stereocenters. The van der Waals surface area contributed by atoms with Crippen molar-refractivity contribution in [2.45, 2.75) is 13.0 Å². The Kier molecular flexibility index (Phi) is 7.10. The summed E-state index contributed by atoms with van der Waals surface area (Å²) in [6.07, 6.45) is 0. The molecule has 0 saturated carbocycles. The van der Waals surface area contributed by atoms with E-state index in [1.54, 1.807) is 12.1 Å². The molecule has 1 heterocycles. The van der Waals surface area contributed by atoms with Crippen molar-refractivity contribution in [3.63, 3.8) is 0 Å². The van der Waals surface area contributed by atoms with E-state index in [-0.39, 0.29) is 18.6 Å². The number of ether oxygens (including phenoxy) is 2. The molecule has 1 aliphatic rings. The number of halogens is 1. The Bertz CT molecular complexity index is 748. The SMILES string of the molecule is Cc1cc(OCC(=O)N[C@@H](CN2CCOCC2)c2ccccc2)ccc1Cl. The van der Waals surface area contributed by atoms with Crippen LogP contribution in [0, 0.1) is 6.92 Å². The minimum absolute atomic E-state index is 0.0342. The second kappa shape index (κ2) is 9.74. The van der Waals surface area contributed by atoms with Gasteiger partial charge in [-0.05, 0) is 36.2 Å². The number of benzene rings is 2. The van der Waals surface area contributed by atoms with E-state index in [1.807, 2.05) is 43.3 Å². The number of aryl methyl sites for hydroxylation is 1. The number of nitrogens with zero attached hydrogens (tertiary/aromatic N) is 1. The van der Waals surface area contributed by atoms with Crippen molar-refractivity contribution < 1.29 is 14.3 Å². The molecule has 2 aromatic rings. The highest BCUT2D eigenvalue weighted by Gasteiger charge is 2.20. The molecule has 1 saturated heterocycles. The van der Waals surface area contributed by atoms with Gasteiger partial charge in [0, 0.05) is 24.7 Å². The zero-order chi connectivity index (χ0) is 19.1. The molecule has 0 aromatic heterocycles. The van der Waals surface area contributed by atoms with Gasteiger partial charge >= 0.3 is 0 Å². The van der Waals surface area contributed by atoms with Crippen LogP contribution < -0.4 is 10.1 Å². The molecule has 1 atom stereocenters. The molecular formula is C21H25ClN2O3. The number of amides is 1. The van der Waals surface area contributed by atoms with Gasteiger partial charge in [-0.15, -0.1) is 0 Å². The van der Waals surface area contributed by atoms with Gasteiger partial charge in [-0.2, -0.15) is 0 Å². The number of hydrogen-bond donors (Lipinski definition) is 1. The fourth-order valence-corrected chi connectivity index (χ4v) is 3.17. The standard InChI is InChI=1S/C21H25ClN2O3/c1-16-13-18(7-8-19(16)22)27-15-21(25)23-20(17-5-3-2-4-6-17)14-24-9-11-26-12-10-24/h2-8,13,20H,9-12,14-15H2,1H3,(H,23,25)/t20-/m0/s1. The van der Waals surface area contributed by atoms with Crippen LogP contribution in [0.5, 0.6) is 5.75 Å². The van der Waals surface area contributed by atoms with E-state index >= 15 is 0 Å².